The van der Waals surface area contributed by atoms with Crippen molar-refractivity contribution < 1.29 is 14.3 Å². The number of carbonyl (C=O) groups excluding carboxylic acids is 2. The van der Waals surface area contributed by atoms with Gasteiger partial charge >= 0.3 is 0 Å². The van der Waals surface area contributed by atoms with Crippen molar-refractivity contribution in [3.05, 3.63) is 59.4 Å². The number of rotatable bonds is 7. The molecule has 3 rings (SSSR count). The summed E-state index contributed by atoms with van der Waals surface area (Å²) in [6.07, 6.45) is 3.81. The lowest BCUT2D eigenvalue weighted by Gasteiger charge is -2.34. The summed E-state index contributed by atoms with van der Waals surface area (Å²) in [5.74, 6) is 0.741. The fourth-order valence-corrected chi connectivity index (χ4v) is 3.65. The Balaban J connectivity index is 1.61. The highest BCUT2D eigenvalue weighted by Gasteiger charge is 2.32. The molecule has 1 aliphatic heterocycles. The molecule has 1 fully saturated rings. The molecule has 0 saturated carbocycles. The summed E-state index contributed by atoms with van der Waals surface area (Å²) in [7, 11) is 3.43. The number of hydrogen-bond donors (Lipinski definition) is 0. The summed E-state index contributed by atoms with van der Waals surface area (Å²) in [6.45, 7) is 3.50. The molecule has 1 aliphatic rings. The standard InChI is InChI=1S/C23H29N3O3/c1-4-17-8-10-20(24-13-17)16-25(2)23(28)19-9-11-22(27)26(15-19)14-18-6-5-7-21(12-18)29-3/h5-8,10,12-13,19H,4,9,11,14-16H2,1-3H3/t19-/m0/s1. The minimum Gasteiger partial charge on any atom is -0.497 e. The minimum atomic E-state index is -0.182. The molecule has 1 aromatic heterocycles. The first-order valence-electron chi connectivity index (χ1n) is 10.1. The molecule has 1 atom stereocenters. The van der Waals surface area contributed by atoms with E-state index in [0.717, 1.165) is 23.4 Å². The first-order valence-corrected chi connectivity index (χ1v) is 10.1. The SMILES string of the molecule is CCc1ccc(CN(C)C(=O)[C@H]2CCC(=O)N(Cc3cccc(OC)c3)C2)nc1. The zero-order chi connectivity index (χ0) is 20.8. The highest BCUT2D eigenvalue weighted by molar-refractivity contribution is 5.83. The molecule has 2 heterocycles. The van der Waals surface area contributed by atoms with Crippen LogP contribution in [0.25, 0.3) is 0 Å². The van der Waals surface area contributed by atoms with E-state index in [-0.39, 0.29) is 17.7 Å². The summed E-state index contributed by atoms with van der Waals surface area (Å²) in [5, 5.41) is 0. The Labute approximate surface area is 172 Å². The van der Waals surface area contributed by atoms with Gasteiger partial charge in [0.05, 0.1) is 25.3 Å². The maximum absolute atomic E-state index is 13.0. The number of hydrogen-bond acceptors (Lipinski definition) is 4. The van der Waals surface area contributed by atoms with Crippen LogP contribution >= 0.6 is 0 Å². The topological polar surface area (TPSA) is 62.7 Å². The summed E-state index contributed by atoms with van der Waals surface area (Å²) in [4.78, 5) is 33.3. The van der Waals surface area contributed by atoms with Crippen molar-refractivity contribution in [3.63, 3.8) is 0 Å². The Hall–Kier alpha value is -2.89. The van der Waals surface area contributed by atoms with E-state index in [4.69, 9.17) is 4.74 Å². The zero-order valence-electron chi connectivity index (χ0n) is 17.4. The minimum absolute atomic E-state index is 0.0644. The van der Waals surface area contributed by atoms with Crippen LogP contribution in [0.5, 0.6) is 5.75 Å². The quantitative estimate of drug-likeness (QED) is 0.723. The van der Waals surface area contributed by atoms with E-state index in [1.54, 1.807) is 24.0 Å². The predicted octanol–water partition coefficient (Wildman–Crippen LogP) is 3.05. The number of amides is 2. The van der Waals surface area contributed by atoms with Crippen LogP contribution in [0.1, 0.15) is 36.6 Å². The molecule has 0 unspecified atom stereocenters. The lowest BCUT2D eigenvalue weighted by atomic mass is 9.95. The Bertz CT molecular complexity index is 851. The number of carbonyl (C=O) groups is 2. The largest absolute Gasteiger partial charge is 0.497 e. The van der Waals surface area contributed by atoms with E-state index >= 15 is 0 Å². The smallest absolute Gasteiger partial charge is 0.227 e. The number of likely N-dealkylation sites (tertiary alicyclic amines) is 1. The predicted molar refractivity (Wildman–Crippen MR) is 111 cm³/mol. The van der Waals surface area contributed by atoms with Crippen molar-refractivity contribution in [1.29, 1.82) is 0 Å². The second kappa shape index (κ2) is 9.54. The van der Waals surface area contributed by atoms with Gasteiger partial charge in [-0.25, -0.2) is 0 Å². The van der Waals surface area contributed by atoms with E-state index in [9.17, 15) is 9.59 Å². The van der Waals surface area contributed by atoms with Gasteiger partial charge < -0.3 is 14.5 Å². The summed E-state index contributed by atoms with van der Waals surface area (Å²) < 4.78 is 5.26. The van der Waals surface area contributed by atoms with Gasteiger partial charge in [-0.3, -0.25) is 14.6 Å². The zero-order valence-corrected chi connectivity index (χ0v) is 17.4. The molecule has 0 bridgehead atoms. The average Bonchev–Trinajstić information content (AvgIpc) is 2.75. The molecule has 0 radical (unpaired) electrons. The number of piperidine rings is 1. The van der Waals surface area contributed by atoms with Crippen LogP contribution < -0.4 is 4.74 Å². The van der Waals surface area contributed by atoms with Crippen molar-refractivity contribution in [2.45, 2.75) is 39.3 Å². The van der Waals surface area contributed by atoms with Gasteiger partial charge in [-0.15, -0.1) is 0 Å². The van der Waals surface area contributed by atoms with Crippen molar-refractivity contribution in [2.24, 2.45) is 5.92 Å². The van der Waals surface area contributed by atoms with E-state index in [1.165, 1.54) is 5.56 Å². The normalized spacial score (nSPS) is 16.6. The second-order valence-electron chi connectivity index (χ2n) is 7.57. The van der Waals surface area contributed by atoms with Crippen molar-refractivity contribution in [3.8, 4) is 5.75 Å². The molecule has 0 spiro atoms. The van der Waals surface area contributed by atoms with E-state index in [0.29, 0.717) is 32.5 Å². The third-order valence-corrected chi connectivity index (χ3v) is 5.43. The van der Waals surface area contributed by atoms with Gasteiger partial charge in [-0.2, -0.15) is 0 Å². The third kappa shape index (κ3) is 5.34. The summed E-state index contributed by atoms with van der Waals surface area (Å²) in [6, 6.07) is 11.7. The van der Waals surface area contributed by atoms with Crippen LogP contribution in [0.4, 0.5) is 0 Å². The molecule has 0 N–H and O–H groups in total. The van der Waals surface area contributed by atoms with Crippen molar-refractivity contribution in [2.75, 3.05) is 20.7 Å². The van der Waals surface area contributed by atoms with Gasteiger partial charge in [0.1, 0.15) is 5.75 Å². The molecule has 6 nitrogen and oxygen atoms in total. The second-order valence-corrected chi connectivity index (χ2v) is 7.57. The van der Waals surface area contributed by atoms with E-state index in [2.05, 4.69) is 18.0 Å². The number of nitrogens with zero attached hydrogens (tertiary/aromatic N) is 3. The number of ether oxygens (including phenoxy) is 1. The maximum atomic E-state index is 13.0. The van der Waals surface area contributed by atoms with E-state index in [1.807, 2.05) is 36.5 Å². The molecule has 0 aliphatic carbocycles. The fourth-order valence-electron chi connectivity index (χ4n) is 3.65. The number of methoxy groups -OCH3 is 1. The molecule has 1 saturated heterocycles. The Morgan fingerprint density at radius 1 is 1.28 bits per heavy atom. The number of aromatic nitrogens is 1. The lowest BCUT2D eigenvalue weighted by Crippen LogP contribution is -2.45. The molecule has 29 heavy (non-hydrogen) atoms. The van der Waals surface area contributed by atoms with Gasteiger partial charge in [0.2, 0.25) is 11.8 Å². The number of aryl methyl sites for hydroxylation is 1. The number of benzene rings is 1. The highest BCUT2D eigenvalue weighted by Crippen LogP contribution is 2.23. The first kappa shape index (κ1) is 20.8. The monoisotopic (exact) mass is 395 g/mol. The molecular formula is C23H29N3O3. The Morgan fingerprint density at radius 2 is 2.10 bits per heavy atom. The van der Waals surface area contributed by atoms with Crippen molar-refractivity contribution in [1.82, 2.24) is 14.8 Å². The van der Waals surface area contributed by atoms with Crippen LogP contribution in [-0.4, -0.2) is 47.3 Å². The van der Waals surface area contributed by atoms with Crippen LogP contribution in [0.15, 0.2) is 42.6 Å². The van der Waals surface area contributed by atoms with Crippen LogP contribution in [-0.2, 0) is 29.1 Å². The number of pyridine rings is 1. The molecule has 2 amide bonds. The Kier molecular flexibility index (Phi) is 6.86. The van der Waals surface area contributed by atoms with Crippen molar-refractivity contribution >= 4 is 11.8 Å². The third-order valence-electron chi connectivity index (χ3n) is 5.43. The van der Waals surface area contributed by atoms with Gasteiger partial charge in [-0.05, 0) is 42.2 Å². The van der Waals surface area contributed by atoms with Crippen LogP contribution in [0, 0.1) is 5.92 Å². The van der Waals surface area contributed by atoms with Gasteiger partial charge in [-0.1, -0.05) is 25.1 Å². The molecule has 2 aromatic rings. The highest BCUT2D eigenvalue weighted by atomic mass is 16.5. The molecule has 1 aromatic carbocycles. The lowest BCUT2D eigenvalue weighted by molar-refractivity contribution is -0.143. The Morgan fingerprint density at radius 3 is 2.79 bits per heavy atom. The van der Waals surface area contributed by atoms with Gasteiger partial charge in [0.15, 0.2) is 0 Å². The molecule has 154 valence electrons. The van der Waals surface area contributed by atoms with Crippen LogP contribution in [0.3, 0.4) is 0 Å². The summed E-state index contributed by atoms with van der Waals surface area (Å²) in [5.41, 5.74) is 3.05. The molecular weight excluding hydrogens is 366 g/mol. The van der Waals surface area contributed by atoms with Gasteiger partial charge in [0.25, 0.3) is 0 Å². The maximum Gasteiger partial charge on any atom is 0.227 e. The average molecular weight is 396 g/mol. The fraction of sp³-hybridized carbons (Fsp3) is 0.435. The summed E-state index contributed by atoms with van der Waals surface area (Å²) >= 11 is 0. The van der Waals surface area contributed by atoms with Gasteiger partial charge in [0, 0.05) is 32.8 Å². The van der Waals surface area contributed by atoms with E-state index < -0.39 is 0 Å². The first-order chi connectivity index (χ1) is 14.0. The van der Waals surface area contributed by atoms with Crippen LogP contribution in [0.2, 0.25) is 0 Å². The molecule has 6 heteroatoms.